The molecule has 1 N–H and O–H groups in total. The van der Waals surface area contributed by atoms with Crippen LogP contribution in [0.25, 0.3) is 10.9 Å². The molecule has 20 heavy (non-hydrogen) atoms. The largest absolute Gasteiger partial charge is 0.497 e. The third-order valence-electron chi connectivity index (χ3n) is 3.51. The van der Waals surface area contributed by atoms with Gasteiger partial charge in [0.25, 0.3) is 0 Å². The fraction of sp³-hybridized carbons (Fsp3) is 0.176. The van der Waals surface area contributed by atoms with Gasteiger partial charge in [-0.1, -0.05) is 18.2 Å². The van der Waals surface area contributed by atoms with Gasteiger partial charge < -0.3 is 14.4 Å². The number of hydrogen-bond donors (Lipinski definition) is 1. The molecule has 0 unspecified atom stereocenters. The molecule has 3 nitrogen and oxygen atoms in total. The van der Waals surface area contributed by atoms with Crippen LogP contribution in [0, 0.1) is 0 Å². The van der Waals surface area contributed by atoms with Crippen LogP contribution < -0.4 is 4.74 Å². The van der Waals surface area contributed by atoms with E-state index in [9.17, 15) is 5.11 Å². The molecule has 3 rings (SSSR count). The SMILES string of the molecule is COc1cccc(Cn2ccc3cc(CO)ccc32)c1. The number of aliphatic hydroxyl groups excluding tert-OH is 1. The number of benzene rings is 2. The third kappa shape index (κ3) is 2.40. The lowest BCUT2D eigenvalue weighted by Crippen LogP contribution is -1.98. The first-order chi connectivity index (χ1) is 9.80. The second kappa shape index (κ2) is 5.39. The van der Waals surface area contributed by atoms with Gasteiger partial charge in [-0.2, -0.15) is 0 Å². The third-order valence-corrected chi connectivity index (χ3v) is 3.51. The maximum atomic E-state index is 9.18. The molecule has 3 aromatic rings. The average Bonchev–Trinajstić information content (AvgIpc) is 2.89. The first kappa shape index (κ1) is 12.8. The van der Waals surface area contributed by atoms with E-state index in [1.54, 1.807) is 7.11 Å². The Morgan fingerprint density at radius 2 is 1.95 bits per heavy atom. The van der Waals surface area contributed by atoms with Crippen LogP contribution in [0.1, 0.15) is 11.1 Å². The number of methoxy groups -OCH3 is 1. The van der Waals surface area contributed by atoms with Crippen molar-refractivity contribution in [1.82, 2.24) is 4.57 Å². The molecule has 0 saturated heterocycles. The molecule has 0 amide bonds. The van der Waals surface area contributed by atoms with E-state index in [0.29, 0.717) is 0 Å². The first-order valence-corrected chi connectivity index (χ1v) is 6.62. The molecular weight excluding hydrogens is 250 g/mol. The second-order valence-corrected chi connectivity index (χ2v) is 4.85. The fourth-order valence-corrected chi connectivity index (χ4v) is 2.45. The number of aromatic nitrogens is 1. The molecule has 0 fully saturated rings. The molecule has 1 aromatic heterocycles. The Morgan fingerprint density at radius 3 is 2.75 bits per heavy atom. The number of ether oxygens (including phenoxy) is 1. The summed E-state index contributed by atoms with van der Waals surface area (Å²) >= 11 is 0. The highest BCUT2D eigenvalue weighted by molar-refractivity contribution is 5.81. The Hall–Kier alpha value is -2.26. The van der Waals surface area contributed by atoms with Crippen LogP contribution >= 0.6 is 0 Å². The molecule has 0 aliphatic carbocycles. The molecule has 102 valence electrons. The average molecular weight is 267 g/mol. The van der Waals surface area contributed by atoms with E-state index < -0.39 is 0 Å². The zero-order valence-corrected chi connectivity index (χ0v) is 11.4. The van der Waals surface area contributed by atoms with Crippen molar-refractivity contribution in [3.63, 3.8) is 0 Å². The van der Waals surface area contributed by atoms with Gasteiger partial charge in [0, 0.05) is 18.3 Å². The summed E-state index contributed by atoms with van der Waals surface area (Å²) in [4.78, 5) is 0. The predicted octanol–water partition coefficient (Wildman–Crippen LogP) is 3.19. The second-order valence-electron chi connectivity index (χ2n) is 4.85. The van der Waals surface area contributed by atoms with Crippen molar-refractivity contribution in [2.24, 2.45) is 0 Å². The topological polar surface area (TPSA) is 34.4 Å². The molecule has 0 saturated carbocycles. The van der Waals surface area contributed by atoms with E-state index in [1.807, 2.05) is 30.3 Å². The van der Waals surface area contributed by atoms with Gasteiger partial charge in [0.2, 0.25) is 0 Å². The summed E-state index contributed by atoms with van der Waals surface area (Å²) in [6, 6.07) is 16.2. The Labute approximate surface area is 118 Å². The van der Waals surface area contributed by atoms with Crippen molar-refractivity contribution >= 4 is 10.9 Å². The highest BCUT2D eigenvalue weighted by Crippen LogP contribution is 2.20. The maximum Gasteiger partial charge on any atom is 0.119 e. The van der Waals surface area contributed by atoms with Crippen LogP contribution in [-0.2, 0) is 13.2 Å². The predicted molar refractivity (Wildman–Crippen MR) is 80.0 cm³/mol. The van der Waals surface area contributed by atoms with Gasteiger partial charge in [-0.3, -0.25) is 0 Å². The summed E-state index contributed by atoms with van der Waals surface area (Å²) in [5.41, 5.74) is 3.31. The van der Waals surface area contributed by atoms with Crippen LogP contribution in [0.15, 0.2) is 54.7 Å². The molecule has 3 heteroatoms. The summed E-state index contributed by atoms with van der Waals surface area (Å²) in [6.45, 7) is 0.885. The lowest BCUT2D eigenvalue weighted by molar-refractivity contribution is 0.282. The number of hydrogen-bond acceptors (Lipinski definition) is 2. The van der Waals surface area contributed by atoms with E-state index in [0.717, 1.165) is 23.2 Å². The summed E-state index contributed by atoms with van der Waals surface area (Å²) in [5, 5.41) is 10.3. The van der Waals surface area contributed by atoms with Crippen LogP contribution in [-0.4, -0.2) is 16.8 Å². The molecule has 0 atom stereocenters. The zero-order chi connectivity index (χ0) is 13.9. The van der Waals surface area contributed by atoms with Crippen LogP contribution in [0.4, 0.5) is 0 Å². The fourth-order valence-electron chi connectivity index (χ4n) is 2.45. The smallest absolute Gasteiger partial charge is 0.119 e. The highest BCUT2D eigenvalue weighted by atomic mass is 16.5. The summed E-state index contributed by atoms with van der Waals surface area (Å²) in [6.07, 6.45) is 2.07. The first-order valence-electron chi connectivity index (χ1n) is 6.62. The molecule has 1 heterocycles. The number of fused-ring (bicyclic) bond motifs is 1. The Kier molecular flexibility index (Phi) is 3.44. The van der Waals surface area contributed by atoms with Crippen LogP contribution in [0.5, 0.6) is 5.75 Å². The summed E-state index contributed by atoms with van der Waals surface area (Å²) in [7, 11) is 1.68. The van der Waals surface area contributed by atoms with E-state index in [2.05, 4.69) is 29.0 Å². The van der Waals surface area contributed by atoms with Gasteiger partial charge in [-0.15, -0.1) is 0 Å². The van der Waals surface area contributed by atoms with Gasteiger partial charge in [0.15, 0.2) is 0 Å². The van der Waals surface area contributed by atoms with Gasteiger partial charge in [0.05, 0.1) is 13.7 Å². The zero-order valence-electron chi connectivity index (χ0n) is 11.4. The number of rotatable bonds is 4. The minimum Gasteiger partial charge on any atom is -0.497 e. The lowest BCUT2D eigenvalue weighted by atomic mass is 10.1. The molecular formula is C17H17NO2. The van der Waals surface area contributed by atoms with Crippen molar-refractivity contribution in [2.75, 3.05) is 7.11 Å². The highest BCUT2D eigenvalue weighted by Gasteiger charge is 2.03. The Balaban J connectivity index is 1.94. The van der Waals surface area contributed by atoms with Crippen LogP contribution in [0.3, 0.4) is 0 Å². The lowest BCUT2D eigenvalue weighted by Gasteiger charge is -2.08. The van der Waals surface area contributed by atoms with E-state index in [1.165, 1.54) is 11.1 Å². The Bertz CT molecular complexity index is 731. The van der Waals surface area contributed by atoms with E-state index in [-0.39, 0.29) is 6.61 Å². The molecule has 0 aliphatic heterocycles. The molecule has 2 aromatic carbocycles. The van der Waals surface area contributed by atoms with Gasteiger partial charge in [-0.05, 0) is 46.8 Å². The van der Waals surface area contributed by atoms with Crippen molar-refractivity contribution in [3.8, 4) is 5.75 Å². The van der Waals surface area contributed by atoms with E-state index >= 15 is 0 Å². The molecule has 0 bridgehead atoms. The monoisotopic (exact) mass is 267 g/mol. The van der Waals surface area contributed by atoms with Gasteiger partial charge >= 0.3 is 0 Å². The summed E-state index contributed by atoms with van der Waals surface area (Å²) in [5.74, 6) is 0.876. The van der Waals surface area contributed by atoms with Crippen molar-refractivity contribution < 1.29 is 9.84 Å². The van der Waals surface area contributed by atoms with Crippen molar-refractivity contribution in [3.05, 3.63) is 65.9 Å². The Morgan fingerprint density at radius 1 is 1.05 bits per heavy atom. The number of aliphatic hydroxyl groups is 1. The van der Waals surface area contributed by atoms with Gasteiger partial charge in [0.1, 0.15) is 5.75 Å². The molecule has 0 aliphatic rings. The van der Waals surface area contributed by atoms with Crippen molar-refractivity contribution in [1.29, 1.82) is 0 Å². The normalized spacial score (nSPS) is 10.9. The molecule has 0 spiro atoms. The standard InChI is InChI=1S/C17H17NO2/c1-20-16-4-2-3-13(10-16)11-18-8-7-15-9-14(12-19)5-6-17(15)18/h2-10,19H,11-12H2,1H3. The quantitative estimate of drug-likeness (QED) is 0.787. The van der Waals surface area contributed by atoms with Crippen molar-refractivity contribution in [2.45, 2.75) is 13.2 Å². The van der Waals surface area contributed by atoms with Gasteiger partial charge in [-0.25, -0.2) is 0 Å². The maximum absolute atomic E-state index is 9.18. The number of nitrogens with zero attached hydrogens (tertiary/aromatic N) is 1. The minimum absolute atomic E-state index is 0.0804. The summed E-state index contributed by atoms with van der Waals surface area (Å²) < 4.78 is 7.45. The van der Waals surface area contributed by atoms with Crippen LogP contribution in [0.2, 0.25) is 0 Å². The molecule has 0 radical (unpaired) electrons. The minimum atomic E-state index is 0.0804. The van der Waals surface area contributed by atoms with E-state index in [4.69, 9.17) is 4.74 Å².